The van der Waals surface area contributed by atoms with Crippen LogP contribution in [0.3, 0.4) is 0 Å². The third-order valence-electron chi connectivity index (χ3n) is 18.5. The van der Waals surface area contributed by atoms with Crippen molar-refractivity contribution in [1.82, 2.24) is 22.2 Å². The zero-order chi connectivity index (χ0) is 49.3. The Bertz CT molecular complexity index is 6230. The number of rotatable bonds is 2. The highest BCUT2D eigenvalue weighted by Gasteiger charge is 2.28. The average Bonchev–Trinajstić information content (AvgIpc) is 4.55. The van der Waals surface area contributed by atoms with E-state index in [9.17, 15) is 0 Å². The number of para-hydroxylation sites is 7. The van der Waals surface area contributed by atoms with Crippen molar-refractivity contribution in [3.63, 3.8) is 0 Å². The van der Waals surface area contributed by atoms with Crippen molar-refractivity contribution in [2.45, 2.75) is 0 Å². The molecule has 350 valence electrons. The van der Waals surface area contributed by atoms with E-state index >= 15 is 0 Å². The summed E-state index contributed by atoms with van der Waals surface area (Å²) in [4.78, 5) is 0. The molecule has 5 heteroatoms. The van der Waals surface area contributed by atoms with E-state index in [0.717, 1.165) is 5.69 Å². The van der Waals surface area contributed by atoms with Gasteiger partial charge >= 0.3 is 0 Å². The molecule has 0 aliphatic rings. The molecule has 21 aromatic rings. The van der Waals surface area contributed by atoms with Crippen LogP contribution in [0.4, 0.5) is 0 Å². The van der Waals surface area contributed by atoms with E-state index in [1.165, 1.54) is 185 Å². The quantitative estimate of drug-likeness (QED) is 0.165. The summed E-state index contributed by atoms with van der Waals surface area (Å²) in [6.07, 6.45) is 0. The standard InChI is InChI=1S/C72H37N5/c1-2-14-40(15-3-1)73-62-33-50-46-22-12-20-44-41-16-4-8-24-57(41)75(69(44)46)64(50)34-51(62)52-35-65-53(36-63(52)73)55-32-39(31-54-43-18-6-10-26-59(43)76(65)71(54)55)38-28-29-61-49(30-38)56-37-66-67(68-47-19-7-11-27-60(47)74(61)72(56)68)48-23-13-21-45-42-17-5-9-25-58(42)77(66)70(45)48/h1-37H. The van der Waals surface area contributed by atoms with Gasteiger partial charge in [0, 0.05) is 103 Å². The number of nitrogens with zero attached hydrogens (tertiary/aromatic N) is 5. The molecule has 0 unspecified atom stereocenters. The lowest BCUT2D eigenvalue weighted by molar-refractivity contribution is 1.18. The molecule has 0 aliphatic carbocycles. The van der Waals surface area contributed by atoms with Gasteiger partial charge in [0.2, 0.25) is 0 Å². The maximum Gasteiger partial charge on any atom is 0.0628 e. The van der Waals surface area contributed by atoms with Crippen LogP contribution in [0.2, 0.25) is 0 Å². The number of hydrogen-bond donors (Lipinski definition) is 0. The number of aromatic nitrogens is 5. The Morgan fingerprint density at radius 1 is 0.182 bits per heavy atom. The average molecular weight is 972 g/mol. The molecule has 0 saturated carbocycles. The minimum atomic E-state index is 1.16. The van der Waals surface area contributed by atoms with Gasteiger partial charge in [-0.2, -0.15) is 0 Å². The van der Waals surface area contributed by atoms with E-state index in [1.807, 2.05) is 0 Å². The Morgan fingerprint density at radius 3 is 1.21 bits per heavy atom. The minimum absolute atomic E-state index is 1.16. The molecule has 0 fully saturated rings. The van der Waals surface area contributed by atoms with Crippen LogP contribution >= 0.6 is 0 Å². The molecule has 12 aromatic carbocycles. The van der Waals surface area contributed by atoms with Crippen LogP contribution < -0.4 is 0 Å². The van der Waals surface area contributed by atoms with E-state index in [0.29, 0.717) is 0 Å². The van der Waals surface area contributed by atoms with Gasteiger partial charge in [0.25, 0.3) is 0 Å². The summed E-state index contributed by atoms with van der Waals surface area (Å²) in [5.74, 6) is 0. The predicted octanol–water partition coefficient (Wildman–Crippen LogP) is 19.1. The molecular weight excluding hydrogens is 935 g/mol. The van der Waals surface area contributed by atoms with Gasteiger partial charge in [0.1, 0.15) is 0 Å². The first-order valence-electron chi connectivity index (χ1n) is 26.8. The van der Waals surface area contributed by atoms with Gasteiger partial charge in [-0.1, -0.05) is 133 Å². The zero-order valence-corrected chi connectivity index (χ0v) is 41.1. The summed E-state index contributed by atoms with van der Waals surface area (Å²) in [5, 5.41) is 23.2. The summed E-state index contributed by atoms with van der Waals surface area (Å²) in [7, 11) is 0. The van der Waals surface area contributed by atoms with Gasteiger partial charge in [0.15, 0.2) is 0 Å². The summed E-state index contributed by atoms with van der Waals surface area (Å²) in [6.45, 7) is 0. The van der Waals surface area contributed by atoms with Gasteiger partial charge in [-0.25, -0.2) is 0 Å². The Labute approximate surface area is 435 Å². The number of benzene rings is 12. The third kappa shape index (κ3) is 4.23. The number of hydrogen-bond acceptors (Lipinski definition) is 0. The summed E-state index contributed by atoms with van der Waals surface area (Å²) in [5.41, 5.74) is 21.2. The van der Waals surface area contributed by atoms with Crippen LogP contribution in [0, 0.1) is 0 Å². The van der Waals surface area contributed by atoms with Crippen LogP contribution in [0.15, 0.2) is 224 Å². The monoisotopic (exact) mass is 971 g/mol. The van der Waals surface area contributed by atoms with Gasteiger partial charge < -0.3 is 22.2 Å². The highest BCUT2D eigenvalue weighted by atomic mass is 15.0. The lowest BCUT2D eigenvalue weighted by atomic mass is 9.97. The maximum atomic E-state index is 2.55. The molecule has 0 amide bonds. The molecule has 77 heavy (non-hydrogen) atoms. The lowest BCUT2D eigenvalue weighted by Gasteiger charge is -2.08. The van der Waals surface area contributed by atoms with Crippen LogP contribution in [-0.2, 0) is 0 Å². The number of fused-ring (bicyclic) bond motifs is 28. The van der Waals surface area contributed by atoms with E-state index in [1.54, 1.807) is 0 Å². The van der Waals surface area contributed by atoms with Crippen molar-refractivity contribution < 1.29 is 0 Å². The third-order valence-corrected chi connectivity index (χ3v) is 18.5. The molecule has 0 aliphatic heterocycles. The molecule has 0 spiro atoms. The van der Waals surface area contributed by atoms with E-state index < -0.39 is 0 Å². The minimum Gasteiger partial charge on any atom is -0.309 e. The highest BCUT2D eigenvalue weighted by molar-refractivity contribution is 6.38. The smallest absolute Gasteiger partial charge is 0.0628 e. The molecule has 0 radical (unpaired) electrons. The Morgan fingerprint density at radius 2 is 0.558 bits per heavy atom. The van der Waals surface area contributed by atoms with Crippen molar-refractivity contribution >= 4 is 174 Å². The van der Waals surface area contributed by atoms with Crippen molar-refractivity contribution in [3.05, 3.63) is 224 Å². The molecule has 21 rings (SSSR count). The van der Waals surface area contributed by atoms with E-state index in [2.05, 4.69) is 247 Å². The summed E-state index contributed by atoms with van der Waals surface area (Å²) < 4.78 is 12.7. The largest absolute Gasteiger partial charge is 0.309 e. The highest BCUT2D eigenvalue weighted by Crippen LogP contribution is 2.51. The topological polar surface area (TPSA) is 22.6 Å². The van der Waals surface area contributed by atoms with Crippen molar-refractivity contribution in [3.8, 4) is 16.8 Å². The van der Waals surface area contributed by atoms with Gasteiger partial charge in [-0.3, -0.25) is 0 Å². The first kappa shape index (κ1) is 38.3. The predicted molar refractivity (Wildman–Crippen MR) is 325 cm³/mol. The second kappa shape index (κ2) is 12.8. The lowest BCUT2D eigenvalue weighted by Crippen LogP contribution is -1.93. The second-order valence-corrected chi connectivity index (χ2v) is 22.0. The van der Waals surface area contributed by atoms with Crippen molar-refractivity contribution in [1.29, 1.82) is 0 Å². The zero-order valence-electron chi connectivity index (χ0n) is 41.1. The van der Waals surface area contributed by atoms with Crippen molar-refractivity contribution in [2.24, 2.45) is 0 Å². The van der Waals surface area contributed by atoms with Gasteiger partial charge in [0.05, 0.1) is 77.2 Å². The van der Waals surface area contributed by atoms with Crippen LogP contribution in [-0.4, -0.2) is 22.2 Å². The van der Waals surface area contributed by atoms with Crippen LogP contribution in [0.25, 0.3) is 191 Å². The first-order valence-corrected chi connectivity index (χ1v) is 26.8. The fourth-order valence-electron chi connectivity index (χ4n) is 15.6. The van der Waals surface area contributed by atoms with Gasteiger partial charge in [-0.15, -0.1) is 0 Å². The molecule has 0 saturated heterocycles. The molecule has 9 aromatic heterocycles. The maximum absolute atomic E-state index is 2.55. The fraction of sp³-hybridized carbons (Fsp3) is 0. The SMILES string of the molecule is c1ccc(-n2c3cc4c5cccc6c7ccccc7n(c4cc3c3cc4c(cc32)c2cc(-c3ccc7c(c3)c3cc8c(c9cccc%10c%11ccccc%11n8c%109)c8c9ccccc9n7c38)cc3c7ccccc7n4c32)c65)cc1. The van der Waals surface area contributed by atoms with Gasteiger partial charge in [-0.05, 0) is 102 Å². The fourth-order valence-corrected chi connectivity index (χ4v) is 15.6. The Hall–Kier alpha value is -10.4. The molecule has 0 N–H and O–H groups in total. The Balaban J connectivity index is 0.870. The molecular formula is C72H37N5. The summed E-state index contributed by atoms with van der Waals surface area (Å²) in [6, 6.07) is 85.2. The molecule has 0 bridgehead atoms. The normalized spacial score (nSPS) is 13.2. The first-order chi connectivity index (χ1) is 38.2. The van der Waals surface area contributed by atoms with Crippen LogP contribution in [0.5, 0.6) is 0 Å². The van der Waals surface area contributed by atoms with E-state index in [4.69, 9.17) is 0 Å². The van der Waals surface area contributed by atoms with Crippen molar-refractivity contribution in [2.75, 3.05) is 0 Å². The molecule has 9 heterocycles. The Kier molecular flexibility index (Phi) is 6.34. The second-order valence-electron chi connectivity index (χ2n) is 22.0. The summed E-state index contributed by atoms with van der Waals surface area (Å²) >= 11 is 0. The van der Waals surface area contributed by atoms with Crippen LogP contribution in [0.1, 0.15) is 0 Å². The molecule has 5 nitrogen and oxygen atoms in total. The molecule has 0 atom stereocenters. The van der Waals surface area contributed by atoms with E-state index in [-0.39, 0.29) is 0 Å².